The van der Waals surface area contributed by atoms with E-state index in [-0.39, 0.29) is 16.3 Å². The molecule has 0 saturated carbocycles. The highest BCUT2D eigenvalue weighted by Gasteiger charge is 2.14. The molecule has 0 fully saturated rings. The summed E-state index contributed by atoms with van der Waals surface area (Å²) in [5.41, 5.74) is 2.51. The number of non-ortho nitro benzene ring substituents is 1. The number of amides is 1. The van der Waals surface area contributed by atoms with Crippen LogP contribution in [0.15, 0.2) is 47.6 Å². The molecule has 2 rings (SSSR count). The predicted octanol–water partition coefficient (Wildman–Crippen LogP) is 3.15. The molecule has 0 spiro atoms. The number of benzene rings is 2. The second-order valence-electron chi connectivity index (χ2n) is 4.18. The lowest BCUT2D eigenvalue weighted by Gasteiger charge is -2.02. The Hall–Kier alpha value is -2.80. The molecule has 112 valence electrons. The lowest BCUT2D eigenvalue weighted by Crippen LogP contribution is -2.18. The van der Waals surface area contributed by atoms with Gasteiger partial charge in [-0.25, -0.2) is 9.82 Å². The van der Waals surface area contributed by atoms with Crippen LogP contribution >= 0.6 is 11.6 Å². The molecular formula is C14H9ClFN3O3. The molecule has 6 nitrogen and oxygen atoms in total. The maximum absolute atomic E-state index is 13.0. The summed E-state index contributed by atoms with van der Waals surface area (Å²) in [5.74, 6) is -1.05. The SMILES string of the molecule is O=C(N/N=C\c1cccc(F)c1)c1ccc([N+](=O)[O-])cc1Cl. The minimum Gasteiger partial charge on any atom is -0.267 e. The van der Waals surface area contributed by atoms with Gasteiger partial charge in [0.05, 0.1) is 21.7 Å². The van der Waals surface area contributed by atoms with Crippen LogP contribution in [0.25, 0.3) is 0 Å². The molecular weight excluding hydrogens is 313 g/mol. The second kappa shape index (κ2) is 6.77. The van der Waals surface area contributed by atoms with E-state index >= 15 is 0 Å². The zero-order valence-electron chi connectivity index (χ0n) is 11.0. The molecule has 0 aliphatic heterocycles. The molecule has 2 aromatic rings. The van der Waals surface area contributed by atoms with E-state index in [2.05, 4.69) is 10.5 Å². The van der Waals surface area contributed by atoms with Gasteiger partial charge in [-0.1, -0.05) is 23.7 Å². The number of hydrazone groups is 1. The third-order valence-corrected chi connectivity index (χ3v) is 2.95. The maximum Gasteiger partial charge on any atom is 0.272 e. The molecule has 0 radical (unpaired) electrons. The molecule has 0 saturated heterocycles. The third kappa shape index (κ3) is 3.86. The molecule has 1 N–H and O–H groups in total. The number of carbonyl (C=O) groups is 1. The molecule has 0 aliphatic rings. The first-order valence-electron chi connectivity index (χ1n) is 6.00. The summed E-state index contributed by atoms with van der Waals surface area (Å²) in [4.78, 5) is 21.8. The Balaban J connectivity index is 2.08. The van der Waals surface area contributed by atoms with Gasteiger partial charge in [0.25, 0.3) is 11.6 Å². The number of nitrogens with zero attached hydrogens (tertiary/aromatic N) is 2. The van der Waals surface area contributed by atoms with Crippen molar-refractivity contribution in [1.29, 1.82) is 0 Å². The van der Waals surface area contributed by atoms with Crippen molar-refractivity contribution in [2.24, 2.45) is 5.10 Å². The summed E-state index contributed by atoms with van der Waals surface area (Å²) in [6.45, 7) is 0. The standard InChI is InChI=1S/C14H9ClFN3O3/c15-13-7-11(19(21)22)4-5-12(13)14(20)18-17-8-9-2-1-3-10(16)6-9/h1-8H,(H,18,20)/b17-8-. The number of hydrogen-bond acceptors (Lipinski definition) is 4. The molecule has 0 aliphatic carbocycles. The highest BCUT2D eigenvalue weighted by molar-refractivity contribution is 6.34. The van der Waals surface area contributed by atoms with E-state index in [4.69, 9.17) is 11.6 Å². The Morgan fingerprint density at radius 1 is 1.32 bits per heavy atom. The molecule has 8 heteroatoms. The van der Waals surface area contributed by atoms with E-state index in [1.807, 2.05) is 0 Å². The average Bonchev–Trinajstić information content (AvgIpc) is 2.47. The fourth-order valence-electron chi connectivity index (χ4n) is 1.61. The number of nitro benzene ring substituents is 1. The average molecular weight is 322 g/mol. The van der Waals surface area contributed by atoms with Crippen LogP contribution in [0, 0.1) is 15.9 Å². The zero-order chi connectivity index (χ0) is 16.1. The number of hydrogen-bond donors (Lipinski definition) is 1. The normalized spacial score (nSPS) is 10.6. The van der Waals surface area contributed by atoms with E-state index < -0.39 is 16.6 Å². The molecule has 0 aromatic heterocycles. The van der Waals surface area contributed by atoms with Crippen LogP contribution in [0.4, 0.5) is 10.1 Å². The maximum atomic E-state index is 13.0. The van der Waals surface area contributed by atoms with Crippen LogP contribution < -0.4 is 5.43 Å². The van der Waals surface area contributed by atoms with E-state index in [0.29, 0.717) is 5.56 Å². The topological polar surface area (TPSA) is 84.6 Å². The molecule has 2 aromatic carbocycles. The molecule has 1 amide bonds. The van der Waals surface area contributed by atoms with Gasteiger partial charge < -0.3 is 0 Å². The van der Waals surface area contributed by atoms with Crippen LogP contribution in [0.5, 0.6) is 0 Å². The first-order chi connectivity index (χ1) is 10.5. The Kier molecular flexibility index (Phi) is 4.80. The summed E-state index contributed by atoms with van der Waals surface area (Å²) in [6, 6.07) is 9.11. The Morgan fingerprint density at radius 2 is 2.09 bits per heavy atom. The van der Waals surface area contributed by atoms with Crippen molar-refractivity contribution in [2.45, 2.75) is 0 Å². The molecule has 0 heterocycles. The molecule has 0 bridgehead atoms. The smallest absolute Gasteiger partial charge is 0.267 e. The highest BCUT2D eigenvalue weighted by Crippen LogP contribution is 2.22. The van der Waals surface area contributed by atoms with Crippen molar-refractivity contribution >= 4 is 29.4 Å². The minimum absolute atomic E-state index is 0.0451. The Bertz CT molecular complexity index is 765. The van der Waals surface area contributed by atoms with Gasteiger partial charge in [-0.05, 0) is 23.8 Å². The van der Waals surface area contributed by atoms with Crippen LogP contribution in [0.2, 0.25) is 5.02 Å². The number of carbonyl (C=O) groups excluding carboxylic acids is 1. The van der Waals surface area contributed by atoms with E-state index in [0.717, 1.165) is 12.1 Å². The highest BCUT2D eigenvalue weighted by atomic mass is 35.5. The fraction of sp³-hybridized carbons (Fsp3) is 0. The fourth-order valence-corrected chi connectivity index (χ4v) is 1.87. The summed E-state index contributed by atoms with van der Waals surface area (Å²) in [5, 5.41) is 14.2. The summed E-state index contributed by atoms with van der Waals surface area (Å²) in [7, 11) is 0. The molecule has 0 atom stereocenters. The van der Waals surface area contributed by atoms with E-state index in [9.17, 15) is 19.3 Å². The quantitative estimate of drug-likeness (QED) is 0.533. The van der Waals surface area contributed by atoms with Gasteiger partial charge in [0, 0.05) is 12.1 Å². The summed E-state index contributed by atoms with van der Waals surface area (Å²) >= 11 is 5.82. The van der Waals surface area contributed by atoms with Crippen LogP contribution in [0.3, 0.4) is 0 Å². The van der Waals surface area contributed by atoms with Gasteiger partial charge in [0.15, 0.2) is 0 Å². The van der Waals surface area contributed by atoms with Crippen LogP contribution in [0.1, 0.15) is 15.9 Å². The van der Waals surface area contributed by atoms with Crippen molar-refractivity contribution in [3.8, 4) is 0 Å². The monoisotopic (exact) mass is 321 g/mol. The number of nitro groups is 1. The van der Waals surface area contributed by atoms with Crippen LogP contribution in [-0.2, 0) is 0 Å². The Morgan fingerprint density at radius 3 is 2.73 bits per heavy atom. The van der Waals surface area contributed by atoms with E-state index in [1.165, 1.54) is 30.5 Å². The van der Waals surface area contributed by atoms with Gasteiger partial charge in [-0.2, -0.15) is 5.10 Å². The lowest BCUT2D eigenvalue weighted by atomic mass is 10.2. The third-order valence-electron chi connectivity index (χ3n) is 2.64. The van der Waals surface area contributed by atoms with Crippen molar-refractivity contribution < 1.29 is 14.1 Å². The van der Waals surface area contributed by atoms with Gasteiger partial charge in [0.2, 0.25) is 0 Å². The van der Waals surface area contributed by atoms with Crippen molar-refractivity contribution in [1.82, 2.24) is 5.43 Å². The van der Waals surface area contributed by atoms with Gasteiger partial charge in [0.1, 0.15) is 5.82 Å². The number of halogens is 2. The first-order valence-corrected chi connectivity index (χ1v) is 6.38. The summed E-state index contributed by atoms with van der Waals surface area (Å²) in [6.07, 6.45) is 1.26. The molecule has 0 unspecified atom stereocenters. The van der Waals surface area contributed by atoms with Crippen molar-refractivity contribution in [3.05, 3.63) is 74.5 Å². The van der Waals surface area contributed by atoms with Crippen molar-refractivity contribution in [2.75, 3.05) is 0 Å². The lowest BCUT2D eigenvalue weighted by molar-refractivity contribution is -0.384. The second-order valence-corrected chi connectivity index (χ2v) is 4.58. The van der Waals surface area contributed by atoms with Crippen LogP contribution in [-0.4, -0.2) is 17.0 Å². The van der Waals surface area contributed by atoms with E-state index in [1.54, 1.807) is 6.07 Å². The summed E-state index contributed by atoms with van der Waals surface area (Å²) < 4.78 is 13.0. The largest absolute Gasteiger partial charge is 0.272 e. The van der Waals surface area contributed by atoms with Gasteiger partial charge >= 0.3 is 0 Å². The van der Waals surface area contributed by atoms with Gasteiger partial charge in [-0.15, -0.1) is 0 Å². The Labute approximate surface area is 129 Å². The zero-order valence-corrected chi connectivity index (χ0v) is 11.7. The minimum atomic E-state index is -0.632. The predicted molar refractivity (Wildman–Crippen MR) is 79.6 cm³/mol. The number of nitrogens with one attached hydrogen (secondary N) is 1. The van der Waals surface area contributed by atoms with Gasteiger partial charge in [-0.3, -0.25) is 14.9 Å². The molecule has 22 heavy (non-hydrogen) atoms. The first kappa shape index (κ1) is 15.6. The van der Waals surface area contributed by atoms with Crippen molar-refractivity contribution in [3.63, 3.8) is 0 Å². The number of rotatable bonds is 4.